The van der Waals surface area contributed by atoms with E-state index in [1.807, 2.05) is 38.1 Å². The van der Waals surface area contributed by atoms with Crippen LogP contribution < -0.4 is 9.80 Å². The van der Waals surface area contributed by atoms with Crippen LogP contribution >= 0.6 is 15.6 Å². The Hall–Kier alpha value is -3.43. The molecule has 0 unspecified atom stereocenters. The molecule has 0 fully saturated rings. The molecule has 0 radical (unpaired) electrons. The van der Waals surface area contributed by atoms with Crippen molar-refractivity contribution >= 4 is 33.0 Å². The number of carboxylic acid groups (broad SMARTS) is 1. The van der Waals surface area contributed by atoms with Gasteiger partial charge < -0.3 is 29.8 Å². The number of aliphatic hydroxyl groups excluding tert-OH is 1. The van der Waals surface area contributed by atoms with Crippen molar-refractivity contribution < 1.29 is 65.4 Å². The molecule has 2 N–H and O–H groups in total. The molecule has 326 valence electrons. The summed E-state index contributed by atoms with van der Waals surface area (Å²) in [7, 11) is -21.3. The summed E-state index contributed by atoms with van der Waals surface area (Å²) >= 11 is 0. The van der Waals surface area contributed by atoms with Gasteiger partial charge in [-0.05, 0) is 75.1 Å². The molecule has 0 aliphatic carbocycles. The monoisotopic (exact) mass is 866 g/mol. The average molecular weight is 867 g/mol. The standard InChI is InChI=1S/C18H26N2O2.C17H26N2O.2F6P/c1-12-9-13(2)15(14(3)10-12)19-7-8-20(11-19)16(17(21)22)18(4,5)6;1-12(2)16(10-20)18-6-7-19(11-18)17-14(4)8-13(3)9-15(17)5;2*1-7(2,3,4,5)6/h7-10,16H,11H2,1-6H3,(H,21,22);6-9,12,16,20H,10-11H2,1-5H3;;/q;;2*-1/t2*16-;;/m11../s1. The van der Waals surface area contributed by atoms with Crippen LogP contribution in [-0.2, 0) is 4.79 Å². The van der Waals surface area contributed by atoms with Crippen molar-refractivity contribution in [1.82, 2.24) is 9.80 Å². The number of hydrogen-bond donors (Lipinski definition) is 2. The number of carbonyl (C=O) groups is 1. The number of halogens is 12. The van der Waals surface area contributed by atoms with Crippen LogP contribution in [0.15, 0.2) is 49.1 Å². The fourth-order valence-electron chi connectivity index (χ4n) is 6.51. The molecule has 21 heteroatoms. The topological polar surface area (TPSA) is 70.5 Å². The van der Waals surface area contributed by atoms with Crippen LogP contribution in [0.5, 0.6) is 0 Å². The Bertz CT molecular complexity index is 1680. The molecule has 2 aliphatic heterocycles. The first-order valence-corrected chi connectivity index (χ1v) is 21.0. The van der Waals surface area contributed by atoms with Crippen LogP contribution in [-0.4, -0.2) is 58.0 Å². The fraction of sp³-hybridized carbons (Fsp3) is 0.514. The van der Waals surface area contributed by atoms with E-state index in [-0.39, 0.29) is 18.1 Å². The number of rotatable bonds is 7. The van der Waals surface area contributed by atoms with Gasteiger partial charge in [-0.1, -0.05) is 70.0 Å². The third-order valence-corrected chi connectivity index (χ3v) is 8.12. The van der Waals surface area contributed by atoms with Gasteiger partial charge in [-0.25, -0.2) is 4.79 Å². The van der Waals surface area contributed by atoms with Crippen LogP contribution in [0.3, 0.4) is 0 Å². The molecule has 2 aromatic carbocycles. The average Bonchev–Trinajstić information content (AvgIpc) is 3.54. The van der Waals surface area contributed by atoms with E-state index in [0.717, 1.165) is 6.67 Å². The number of nitrogens with zero attached hydrogens (tertiary/aromatic N) is 4. The van der Waals surface area contributed by atoms with Crippen molar-refractivity contribution in [1.29, 1.82) is 0 Å². The Labute approximate surface area is 319 Å². The van der Waals surface area contributed by atoms with Crippen molar-refractivity contribution in [3.63, 3.8) is 0 Å². The summed E-state index contributed by atoms with van der Waals surface area (Å²) in [6, 6.07) is 8.42. The molecule has 4 rings (SSSR count). The first kappa shape index (κ1) is 50.6. The van der Waals surface area contributed by atoms with Gasteiger partial charge in [-0.3, -0.25) is 0 Å². The van der Waals surface area contributed by atoms with Crippen LogP contribution in [0.25, 0.3) is 0 Å². The number of aliphatic carboxylic acids is 1. The zero-order chi connectivity index (χ0) is 44.3. The predicted molar refractivity (Wildman–Crippen MR) is 202 cm³/mol. The number of carboxylic acids is 1. The number of aliphatic hydroxyl groups is 1. The van der Waals surface area contributed by atoms with Crippen molar-refractivity contribution in [2.75, 3.05) is 29.7 Å². The molecule has 7 nitrogen and oxygen atoms in total. The molecule has 2 heterocycles. The van der Waals surface area contributed by atoms with E-state index < -0.39 is 27.6 Å². The molecule has 0 saturated carbocycles. The second-order valence-electron chi connectivity index (χ2n) is 15.4. The van der Waals surface area contributed by atoms with Gasteiger partial charge in [0.1, 0.15) is 6.04 Å². The van der Waals surface area contributed by atoms with Crippen LogP contribution in [0.1, 0.15) is 68.0 Å². The van der Waals surface area contributed by atoms with E-state index in [4.69, 9.17) is 0 Å². The van der Waals surface area contributed by atoms with Gasteiger partial charge in [-0.15, -0.1) is 0 Å². The Morgan fingerprint density at radius 1 is 0.625 bits per heavy atom. The van der Waals surface area contributed by atoms with Gasteiger partial charge in [0.05, 0.1) is 26.0 Å². The van der Waals surface area contributed by atoms with E-state index in [9.17, 15) is 65.4 Å². The van der Waals surface area contributed by atoms with Crippen molar-refractivity contribution in [3.05, 3.63) is 82.4 Å². The molecule has 0 bridgehead atoms. The summed E-state index contributed by atoms with van der Waals surface area (Å²) in [6.45, 7) is 24.5. The summed E-state index contributed by atoms with van der Waals surface area (Å²) < 4.78 is 118. The number of aryl methyl sites for hydroxylation is 6. The maximum atomic E-state index is 11.7. The molecule has 0 spiro atoms. The quantitative estimate of drug-likeness (QED) is 0.212. The summed E-state index contributed by atoms with van der Waals surface area (Å²) in [6.07, 6.45) is 8.09. The Morgan fingerprint density at radius 2 is 0.911 bits per heavy atom. The molecule has 0 amide bonds. The van der Waals surface area contributed by atoms with E-state index in [1.54, 1.807) is 0 Å². The van der Waals surface area contributed by atoms with Gasteiger partial charge >= 0.3 is 71.9 Å². The molecular formula is C35H52F12N4O3P2-2. The van der Waals surface area contributed by atoms with Gasteiger partial charge in [0.2, 0.25) is 0 Å². The maximum absolute atomic E-state index is 11.7. The van der Waals surface area contributed by atoms with Crippen molar-refractivity contribution in [2.45, 2.75) is 88.2 Å². The second kappa shape index (κ2) is 15.7. The summed E-state index contributed by atoms with van der Waals surface area (Å²) in [5.41, 5.74) is 9.72. The van der Waals surface area contributed by atoms with E-state index in [0.29, 0.717) is 12.6 Å². The van der Waals surface area contributed by atoms with Crippen LogP contribution in [0.4, 0.5) is 61.7 Å². The molecule has 2 atom stereocenters. The van der Waals surface area contributed by atoms with Crippen LogP contribution in [0.2, 0.25) is 0 Å². The predicted octanol–water partition coefficient (Wildman–Crippen LogP) is 13.6. The zero-order valence-corrected chi connectivity index (χ0v) is 34.8. The van der Waals surface area contributed by atoms with Gasteiger partial charge in [0.15, 0.2) is 0 Å². The number of anilines is 2. The Balaban J connectivity index is 0.000000421. The summed E-state index contributed by atoms with van der Waals surface area (Å²) in [5, 5.41) is 19.1. The molecule has 2 aliphatic rings. The second-order valence-corrected chi connectivity index (χ2v) is 19.2. The van der Waals surface area contributed by atoms with Gasteiger partial charge in [0.25, 0.3) is 0 Å². The molecule has 56 heavy (non-hydrogen) atoms. The van der Waals surface area contributed by atoms with E-state index in [2.05, 4.69) is 107 Å². The first-order chi connectivity index (χ1) is 24.4. The minimum atomic E-state index is -10.7. The Morgan fingerprint density at radius 3 is 1.16 bits per heavy atom. The Kier molecular flexibility index (Phi) is 14.2. The first-order valence-electron chi connectivity index (χ1n) is 17.0. The summed E-state index contributed by atoms with van der Waals surface area (Å²) in [5.74, 6) is -0.346. The normalized spacial score (nSPS) is 18.0. The van der Waals surface area contributed by atoms with Crippen LogP contribution in [0, 0.1) is 52.9 Å². The third kappa shape index (κ3) is 20.1. The fourth-order valence-corrected chi connectivity index (χ4v) is 6.51. The molecule has 0 aromatic heterocycles. The SMILES string of the molecule is Cc1cc(C)c(N2C=CN([C@H](C(=O)O)C(C)(C)C)C2)c(C)c1.Cc1cc(C)c(N2C=CN([C@H](CO)C(C)C)C2)c(C)c1.F[P-](F)(F)(F)(F)F.F[P-](F)(F)(F)(F)F. The minimum absolute atomic E-state index is 0.183. The summed E-state index contributed by atoms with van der Waals surface area (Å²) in [4.78, 5) is 20.2. The van der Waals surface area contributed by atoms with Gasteiger partial charge in [-0.2, -0.15) is 0 Å². The molecular weight excluding hydrogens is 814 g/mol. The van der Waals surface area contributed by atoms with E-state index >= 15 is 0 Å². The van der Waals surface area contributed by atoms with Crippen molar-refractivity contribution in [2.24, 2.45) is 11.3 Å². The third-order valence-electron chi connectivity index (χ3n) is 8.12. The van der Waals surface area contributed by atoms with Gasteiger partial charge in [0, 0.05) is 36.2 Å². The van der Waals surface area contributed by atoms with Crippen molar-refractivity contribution in [3.8, 4) is 0 Å². The van der Waals surface area contributed by atoms with E-state index in [1.165, 1.54) is 44.8 Å². The zero-order valence-electron chi connectivity index (χ0n) is 33.0. The number of benzene rings is 2. The molecule has 2 aromatic rings. The number of hydrogen-bond acceptors (Lipinski definition) is 6. The molecule has 0 saturated heterocycles.